The molecule has 2 rings (SSSR count). The Labute approximate surface area is 278 Å². The van der Waals surface area contributed by atoms with Crippen LogP contribution in [0.4, 0.5) is 5.69 Å². The number of amides is 1. The third-order valence-corrected chi connectivity index (χ3v) is 9.71. The van der Waals surface area contributed by atoms with Crippen molar-refractivity contribution in [2.24, 2.45) is 5.41 Å². The van der Waals surface area contributed by atoms with Crippen molar-refractivity contribution in [3.05, 3.63) is 63.7 Å². The maximum atomic E-state index is 14.0. The summed E-state index contributed by atoms with van der Waals surface area (Å²) in [6, 6.07) is 12.5. The van der Waals surface area contributed by atoms with E-state index in [1.165, 1.54) is 16.7 Å². The number of benzene rings is 2. The number of carboxylic acid groups (broad SMARTS) is 1. The number of aryl methyl sites for hydroxylation is 4. The molecule has 7 nitrogen and oxygen atoms in total. The predicted octanol–water partition coefficient (Wildman–Crippen LogP) is 7.97. The molecule has 0 bridgehead atoms. The summed E-state index contributed by atoms with van der Waals surface area (Å²) in [5, 5.41) is 14.8. The zero-order valence-corrected chi connectivity index (χ0v) is 31.0. The van der Waals surface area contributed by atoms with Crippen LogP contribution in [0, 0.1) is 26.2 Å². The van der Waals surface area contributed by atoms with Crippen molar-refractivity contribution in [1.29, 1.82) is 0 Å². The van der Waals surface area contributed by atoms with Gasteiger partial charge in [0.05, 0.1) is 0 Å². The van der Waals surface area contributed by atoms with Crippen LogP contribution in [0.3, 0.4) is 0 Å². The molecule has 2 N–H and O–H groups in total. The molecule has 0 unspecified atom stereocenters. The van der Waals surface area contributed by atoms with Crippen molar-refractivity contribution < 1.29 is 23.9 Å². The van der Waals surface area contributed by atoms with Gasteiger partial charge in [-0.15, -0.1) is 0 Å². The van der Waals surface area contributed by atoms with E-state index in [0.29, 0.717) is 13.2 Å². The molecule has 2 aromatic rings. The summed E-state index contributed by atoms with van der Waals surface area (Å²) in [7, 11) is -0.157. The average Bonchev–Trinajstić information content (AvgIpc) is 2.95. The Balaban J connectivity index is 2.02. The number of rotatable bonds is 19. The Hall–Kier alpha value is -2.39. The van der Waals surface area contributed by atoms with Gasteiger partial charge in [0.15, 0.2) is 20.7 Å². The molecule has 0 aliphatic rings. The molecule has 0 aliphatic heterocycles. The Morgan fingerprint density at radius 3 is 2.20 bits per heavy atom. The lowest BCUT2D eigenvalue weighted by atomic mass is 9.72. The minimum absolute atomic E-state index is 0.292. The highest BCUT2D eigenvalue weighted by Gasteiger charge is 2.60. The van der Waals surface area contributed by atoms with Crippen molar-refractivity contribution in [3.8, 4) is 0 Å². The predicted molar refractivity (Wildman–Crippen MR) is 189 cm³/mol. The third kappa shape index (κ3) is 11.4. The number of hydrogen-bond donors (Lipinski definition) is 2. The zero-order valence-electron chi connectivity index (χ0n) is 29.1. The van der Waals surface area contributed by atoms with Crippen LogP contribution < -0.4 is 5.32 Å². The van der Waals surface area contributed by atoms with Crippen molar-refractivity contribution in [2.75, 3.05) is 32.1 Å². The molecular weight excluding hydrogens is 604 g/mol. The van der Waals surface area contributed by atoms with E-state index in [2.05, 4.69) is 37.4 Å². The van der Waals surface area contributed by atoms with Crippen LogP contribution in [-0.4, -0.2) is 69.4 Å². The number of aliphatic carboxylic acids is 1. The van der Waals surface area contributed by atoms with E-state index < -0.39 is 32.1 Å². The van der Waals surface area contributed by atoms with Gasteiger partial charge in [-0.3, -0.25) is 4.79 Å². The van der Waals surface area contributed by atoms with E-state index in [1.54, 1.807) is 11.9 Å². The van der Waals surface area contributed by atoms with Crippen molar-refractivity contribution in [2.45, 2.75) is 111 Å². The second-order valence-corrected chi connectivity index (χ2v) is 16.4. The summed E-state index contributed by atoms with van der Waals surface area (Å²) >= 11 is 6.23. The van der Waals surface area contributed by atoms with Gasteiger partial charge in [0, 0.05) is 42.9 Å². The summed E-state index contributed by atoms with van der Waals surface area (Å²) in [5.41, 5.74) is 3.26. The molecule has 1 amide bonds. The van der Waals surface area contributed by atoms with Crippen LogP contribution in [0.1, 0.15) is 81.5 Å². The quantitative estimate of drug-likeness (QED) is 0.117. The lowest BCUT2D eigenvalue weighted by Crippen LogP contribution is -2.66. The molecule has 0 saturated heterocycles. The number of carbonyl (C=O) groups excluding carboxylic acids is 1. The van der Waals surface area contributed by atoms with E-state index in [9.17, 15) is 14.7 Å². The van der Waals surface area contributed by atoms with Crippen LogP contribution in [-0.2, 0) is 25.2 Å². The molecule has 2 aromatic carbocycles. The number of hydrogen-bond acceptors (Lipinski definition) is 5. The van der Waals surface area contributed by atoms with Crippen molar-refractivity contribution >= 4 is 38.2 Å². The number of carbonyl (C=O) groups is 2. The Morgan fingerprint density at radius 2 is 1.60 bits per heavy atom. The highest BCUT2D eigenvalue weighted by atomic mass is 35.5. The average molecular weight is 661 g/mol. The summed E-state index contributed by atoms with van der Waals surface area (Å²) in [6.45, 7) is 17.1. The lowest BCUT2D eigenvalue weighted by molar-refractivity contribution is -0.199. The van der Waals surface area contributed by atoms with Crippen molar-refractivity contribution in [1.82, 2.24) is 4.90 Å². The molecule has 0 radical (unpaired) electrons. The highest BCUT2D eigenvalue weighted by molar-refractivity contribution is 6.48. The second kappa shape index (κ2) is 18.1. The molecular formula is C36H57ClN2O5Si. The topological polar surface area (TPSA) is 88.1 Å². The highest BCUT2D eigenvalue weighted by Crippen LogP contribution is 2.40. The van der Waals surface area contributed by atoms with Crippen molar-refractivity contribution in [3.63, 3.8) is 0 Å². The SMILES string of the molecule is Cc1ccc(CCCCCO[C@@H](C(=O)N(C)CCCCCNc2ccc(C)c(Cl)c2)[C@@](O[SiH](C)C)(C(=O)O)C(C)(C)C)cc1C. The standard InChI is InChI=1S/C36H57ClN2O5Si/c1-26-17-19-29(24-28(26)3)16-12-10-15-23-43-32(36(34(41)42,35(4,5)6)44-45(8)9)33(40)39(7)22-14-11-13-21-38-30-20-18-27(2)31(37)25-30/h17-20,24-25,32,38,45H,10-16,21-23H2,1-9H3,(H,41,42)/t32-,36+/m0/s1. The fraction of sp³-hybridized carbons (Fsp3) is 0.611. The van der Waals surface area contributed by atoms with Crippen LogP contribution >= 0.6 is 11.6 Å². The van der Waals surface area contributed by atoms with Gasteiger partial charge >= 0.3 is 5.97 Å². The molecule has 2 atom stereocenters. The summed E-state index contributed by atoms with van der Waals surface area (Å²) in [4.78, 5) is 28.7. The van der Waals surface area contributed by atoms with E-state index in [1.807, 2.05) is 59.0 Å². The van der Waals surface area contributed by atoms with Crippen LogP contribution in [0.25, 0.3) is 0 Å². The molecule has 0 aliphatic carbocycles. The number of anilines is 1. The van der Waals surface area contributed by atoms with E-state index in [4.69, 9.17) is 20.8 Å². The molecule has 0 saturated carbocycles. The number of unbranched alkanes of at least 4 members (excludes halogenated alkanes) is 4. The Morgan fingerprint density at radius 1 is 0.933 bits per heavy atom. The fourth-order valence-electron chi connectivity index (χ4n) is 5.51. The third-order valence-electron chi connectivity index (χ3n) is 8.46. The molecule has 0 heterocycles. The van der Waals surface area contributed by atoms with Crippen LogP contribution in [0.5, 0.6) is 0 Å². The minimum Gasteiger partial charge on any atom is -0.479 e. The number of nitrogens with zero attached hydrogens (tertiary/aromatic N) is 1. The number of halogens is 1. The number of nitrogens with one attached hydrogen (secondary N) is 1. The van der Waals surface area contributed by atoms with Gasteiger partial charge in [-0.2, -0.15) is 0 Å². The van der Waals surface area contributed by atoms with E-state index in [0.717, 1.165) is 67.8 Å². The maximum Gasteiger partial charge on any atom is 0.338 e. The Bertz CT molecular complexity index is 1250. The number of likely N-dealkylation sites (N-methyl/N-ethyl adjacent to an activating group) is 1. The van der Waals surface area contributed by atoms with Crippen LogP contribution in [0.15, 0.2) is 36.4 Å². The molecule has 0 aromatic heterocycles. The van der Waals surface area contributed by atoms with Gasteiger partial charge in [-0.1, -0.05) is 63.1 Å². The smallest absolute Gasteiger partial charge is 0.338 e. The van der Waals surface area contributed by atoms with Gasteiger partial charge in [-0.05, 0) is 107 Å². The maximum absolute atomic E-state index is 14.0. The van der Waals surface area contributed by atoms with Gasteiger partial charge < -0.3 is 24.5 Å². The fourth-order valence-corrected chi connectivity index (χ4v) is 7.02. The minimum atomic E-state index is -1.89. The zero-order chi connectivity index (χ0) is 33.8. The number of carboxylic acids is 1. The van der Waals surface area contributed by atoms with E-state index in [-0.39, 0.29) is 5.91 Å². The number of ether oxygens (including phenoxy) is 1. The molecule has 0 spiro atoms. The first kappa shape index (κ1) is 38.8. The van der Waals surface area contributed by atoms with Gasteiger partial charge in [-0.25, -0.2) is 4.79 Å². The summed E-state index contributed by atoms with van der Waals surface area (Å²) < 4.78 is 12.6. The first-order valence-corrected chi connectivity index (χ1v) is 19.6. The monoisotopic (exact) mass is 660 g/mol. The lowest BCUT2D eigenvalue weighted by Gasteiger charge is -2.47. The summed E-state index contributed by atoms with van der Waals surface area (Å²) in [6.07, 6.45) is 5.01. The molecule has 9 heteroatoms. The first-order valence-electron chi connectivity index (χ1n) is 16.4. The largest absolute Gasteiger partial charge is 0.479 e. The van der Waals surface area contributed by atoms with E-state index >= 15 is 0 Å². The van der Waals surface area contributed by atoms with Gasteiger partial charge in [0.2, 0.25) is 0 Å². The normalized spacial score (nSPS) is 13.8. The molecule has 0 fully saturated rings. The Kier molecular flexibility index (Phi) is 15.6. The van der Waals surface area contributed by atoms with Crippen LogP contribution in [0.2, 0.25) is 18.1 Å². The van der Waals surface area contributed by atoms with Gasteiger partial charge in [0.25, 0.3) is 5.91 Å². The molecule has 45 heavy (non-hydrogen) atoms. The van der Waals surface area contributed by atoms with Gasteiger partial charge in [0.1, 0.15) is 0 Å². The first-order chi connectivity index (χ1) is 21.1. The second-order valence-electron chi connectivity index (χ2n) is 13.6. The molecule has 252 valence electrons. The summed E-state index contributed by atoms with van der Waals surface area (Å²) in [5.74, 6) is -1.50.